The highest BCUT2D eigenvalue weighted by molar-refractivity contribution is 9.10. The Morgan fingerprint density at radius 1 is 1.29 bits per heavy atom. The molecule has 1 aliphatic rings. The predicted molar refractivity (Wildman–Crippen MR) is 82.3 cm³/mol. The molecule has 2 rings (SSSR count). The second kappa shape index (κ2) is 6.15. The lowest BCUT2D eigenvalue weighted by atomic mass is 10.1. The first-order chi connectivity index (χ1) is 9.86. The van der Waals surface area contributed by atoms with Gasteiger partial charge in [-0.05, 0) is 51.9 Å². The maximum Gasteiger partial charge on any atom is 0.308 e. The summed E-state index contributed by atoms with van der Waals surface area (Å²) in [6.07, 6.45) is 1.41. The molecular weight excluding hydrogens is 360 g/mol. The highest BCUT2D eigenvalue weighted by Crippen LogP contribution is 2.27. The van der Waals surface area contributed by atoms with Crippen molar-refractivity contribution < 1.29 is 19.1 Å². The van der Waals surface area contributed by atoms with Crippen molar-refractivity contribution in [1.82, 2.24) is 10.6 Å². The summed E-state index contributed by atoms with van der Waals surface area (Å²) >= 11 is 7.96. The van der Waals surface area contributed by atoms with E-state index in [4.69, 9.17) is 17.0 Å². The van der Waals surface area contributed by atoms with Crippen molar-refractivity contribution in [3.05, 3.63) is 33.8 Å². The van der Waals surface area contributed by atoms with Crippen LogP contribution in [0.1, 0.15) is 12.5 Å². The average Bonchev–Trinajstić information content (AvgIpc) is 2.36. The molecule has 0 bridgehead atoms. The zero-order valence-electron chi connectivity index (χ0n) is 10.7. The van der Waals surface area contributed by atoms with E-state index in [0.717, 1.165) is 0 Å². The van der Waals surface area contributed by atoms with E-state index in [1.165, 1.54) is 13.0 Å². The topological polar surface area (TPSA) is 84.5 Å². The Morgan fingerprint density at radius 2 is 1.90 bits per heavy atom. The first-order valence-electron chi connectivity index (χ1n) is 5.73. The third kappa shape index (κ3) is 3.73. The molecule has 0 aromatic heterocycles. The van der Waals surface area contributed by atoms with Gasteiger partial charge in [0.25, 0.3) is 11.8 Å². The SMILES string of the molecule is CC(=O)Oc1ccc(C=C2C(=O)NC(=S)NC2=O)cc1Br. The summed E-state index contributed by atoms with van der Waals surface area (Å²) in [4.78, 5) is 34.3. The van der Waals surface area contributed by atoms with Gasteiger partial charge in [0.15, 0.2) is 5.11 Å². The number of amides is 2. The second-order valence-electron chi connectivity index (χ2n) is 4.08. The van der Waals surface area contributed by atoms with E-state index in [0.29, 0.717) is 15.8 Å². The quantitative estimate of drug-likeness (QED) is 0.270. The minimum absolute atomic E-state index is 0.0199. The van der Waals surface area contributed by atoms with Crippen LogP contribution in [0.2, 0.25) is 0 Å². The minimum atomic E-state index is -0.566. The van der Waals surface area contributed by atoms with Crippen LogP contribution in [0.15, 0.2) is 28.2 Å². The lowest BCUT2D eigenvalue weighted by Crippen LogP contribution is -2.51. The first kappa shape index (κ1) is 15.3. The average molecular weight is 369 g/mol. The van der Waals surface area contributed by atoms with Gasteiger partial charge in [0, 0.05) is 6.92 Å². The number of esters is 1. The molecule has 2 amide bonds. The number of ether oxygens (including phenoxy) is 1. The minimum Gasteiger partial charge on any atom is -0.426 e. The molecule has 0 unspecified atom stereocenters. The smallest absolute Gasteiger partial charge is 0.308 e. The van der Waals surface area contributed by atoms with Gasteiger partial charge in [0.1, 0.15) is 11.3 Å². The lowest BCUT2D eigenvalue weighted by Gasteiger charge is -2.16. The second-order valence-corrected chi connectivity index (χ2v) is 5.34. The fraction of sp³-hybridized carbons (Fsp3) is 0.0769. The van der Waals surface area contributed by atoms with Crippen LogP contribution < -0.4 is 15.4 Å². The van der Waals surface area contributed by atoms with Gasteiger partial charge >= 0.3 is 5.97 Å². The van der Waals surface area contributed by atoms with Crippen molar-refractivity contribution in [1.29, 1.82) is 0 Å². The summed E-state index contributed by atoms with van der Waals surface area (Å²) in [5.74, 6) is -1.22. The molecule has 0 aliphatic carbocycles. The summed E-state index contributed by atoms with van der Waals surface area (Å²) in [6, 6.07) is 4.80. The van der Waals surface area contributed by atoms with Crippen molar-refractivity contribution in [2.75, 3.05) is 0 Å². The van der Waals surface area contributed by atoms with Crippen LogP contribution in [-0.4, -0.2) is 22.9 Å². The highest BCUT2D eigenvalue weighted by Gasteiger charge is 2.25. The fourth-order valence-electron chi connectivity index (χ4n) is 1.62. The molecule has 1 saturated heterocycles. The van der Waals surface area contributed by atoms with E-state index >= 15 is 0 Å². The Bertz CT molecular complexity index is 677. The van der Waals surface area contributed by atoms with Gasteiger partial charge in [-0.1, -0.05) is 6.07 Å². The number of nitrogens with one attached hydrogen (secondary N) is 2. The Hall–Kier alpha value is -2.06. The number of carbonyl (C=O) groups excluding carboxylic acids is 3. The summed E-state index contributed by atoms with van der Waals surface area (Å²) in [7, 11) is 0. The predicted octanol–water partition coefficient (Wildman–Crippen LogP) is 1.29. The molecule has 0 radical (unpaired) electrons. The number of hydrogen-bond acceptors (Lipinski definition) is 5. The maximum atomic E-state index is 11.7. The molecule has 0 atom stereocenters. The molecule has 108 valence electrons. The summed E-state index contributed by atoms with van der Waals surface area (Å²) in [6.45, 7) is 1.29. The first-order valence-corrected chi connectivity index (χ1v) is 6.93. The fourth-order valence-corrected chi connectivity index (χ4v) is 2.28. The van der Waals surface area contributed by atoms with Crippen LogP contribution in [0, 0.1) is 0 Å². The van der Waals surface area contributed by atoms with Gasteiger partial charge in [-0.25, -0.2) is 0 Å². The van der Waals surface area contributed by atoms with Crippen LogP contribution in [-0.2, 0) is 14.4 Å². The van der Waals surface area contributed by atoms with Crippen molar-refractivity contribution in [2.24, 2.45) is 0 Å². The lowest BCUT2D eigenvalue weighted by molar-refractivity contribution is -0.132. The van der Waals surface area contributed by atoms with Crippen LogP contribution in [0.4, 0.5) is 0 Å². The van der Waals surface area contributed by atoms with E-state index in [2.05, 4.69) is 26.6 Å². The third-order valence-corrected chi connectivity index (χ3v) is 3.29. The summed E-state index contributed by atoms with van der Waals surface area (Å²) in [5, 5.41) is 4.67. The Morgan fingerprint density at radius 3 is 2.43 bits per heavy atom. The highest BCUT2D eigenvalue weighted by atomic mass is 79.9. The molecular formula is C13H9BrN2O4S. The summed E-state index contributed by atoms with van der Waals surface area (Å²) < 4.78 is 5.49. The monoisotopic (exact) mass is 368 g/mol. The Labute approximate surface area is 133 Å². The molecule has 1 fully saturated rings. The molecule has 0 spiro atoms. The third-order valence-electron chi connectivity index (χ3n) is 2.46. The van der Waals surface area contributed by atoms with E-state index in [-0.39, 0.29) is 10.7 Å². The van der Waals surface area contributed by atoms with Crippen LogP contribution in [0.5, 0.6) is 5.75 Å². The zero-order chi connectivity index (χ0) is 15.6. The Kier molecular flexibility index (Phi) is 4.49. The van der Waals surface area contributed by atoms with Gasteiger partial charge in [0.05, 0.1) is 4.47 Å². The maximum absolute atomic E-state index is 11.7. The number of halogens is 1. The molecule has 1 aromatic rings. The molecule has 8 heteroatoms. The van der Waals surface area contributed by atoms with Crippen molar-refractivity contribution in [2.45, 2.75) is 6.92 Å². The van der Waals surface area contributed by atoms with E-state index in [1.54, 1.807) is 18.2 Å². The van der Waals surface area contributed by atoms with E-state index < -0.39 is 17.8 Å². The van der Waals surface area contributed by atoms with Crippen molar-refractivity contribution >= 4 is 57.1 Å². The number of thiocarbonyl (C=S) groups is 1. The van der Waals surface area contributed by atoms with Crippen LogP contribution in [0.25, 0.3) is 6.08 Å². The van der Waals surface area contributed by atoms with E-state index in [1.807, 2.05) is 0 Å². The number of carbonyl (C=O) groups is 3. The van der Waals surface area contributed by atoms with Gasteiger partial charge in [-0.2, -0.15) is 0 Å². The molecule has 6 nitrogen and oxygen atoms in total. The standard InChI is InChI=1S/C13H9BrN2O4S/c1-6(17)20-10-3-2-7(5-9(10)14)4-8-11(18)15-13(21)16-12(8)19/h2-5H,1H3,(H2,15,16,18,19,21). The van der Waals surface area contributed by atoms with Gasteiger partial charge in [-0.15, -0.1) is 0 Å². The summed E-state index contributed by atoms with van der Waals surface area (Å²) in [5.41, 5.74) is 0.529. The van der Waals surface area contributed by atoms with E-state index in [9.17, 15) is 14.4 Å². The largest absolute Gasteiger partial charge is 0.426 e. The van der Waals surface area contributed by atoms with Crippen LogP contribution >= 0.6 is 28.1 Å². The number of benzene rings is 1. The zero-order valence-corrected chi connectivity index (χ0v) is 13.1. The van der Waals surface area contributed by atoms with Gasteiger partial charge in [0.2, 0.25) is 0 Å². The van der Waals surface area contributed by atoms with Crippen molar-refractivity contribution in [3.63, 3.8) is 0 Å². The molecule has 0 saturated carbocycles. The molecule has 21 heavy (non-hydrogen) atoms. The number of hydrogen-bond donors (Lipinski definition) is 2. The van der Waals surface area contributed by atoms with Gasteiger partial charge in [-0.3, -0.25) is 25.0 Å². The molecule has 1 heterocycles. The normalized spacial score (nSPS) is 14.4. The van der Waals surface area contributed by atoms with Crippen LogP contribution in [0.3, 0.4) is 0 Å². The molecule has 1 aliphatic heterocycles. The molecule has 2 N–H and O–H groups in total. The van der Waals surface area contributed by atoms with Crippen molar-refractivity contribution in [3.8, 4) is 5.75 Å². The number of rotatable bonds is 2. The Balaban J connectivity index is 2.30. The molecule has 1 aromatic carbocycles. The van der Waals surface area contributed by atoms with Gasteiger partial charge < -0.3 is 4.74 Å².